The zero-order valence-electron chi connectivity index (χ0n) is 14.1. The number of morpholine rings is 2. The average Bonchev–Trinajstić information content (AvgIpc) is 2.64. The number of ketones is 2. The van der Waals surface area contributed by atoms with Gasteiger partial charge in [-0.15, -0.1) is 0 Å². The zero-order chi connectivity index (χ0) is 17.0. The predicted octanol–water partition coefficient (Wildman–Crippen LogP) is 0.819. The van der Waals surface area contributed by atoms with Gasteiger partial charge in [-0.05, 0) is 6.92 Å². The van der Waals surface area contributed by atoms with E-state index in [9.17, 15) is 9.59 Å². The first-order valence-corrected chi connectivity index (χ1v) is 8.44. The number of hydrogen-bond donors (Lipinski definition) is 0. The third-order valence-corrected chi connectivity index (χ3v) is 4.78. The van der Waals surface area contributed by atoms with Gasteiger partial charge in [0.15, 0.2) is 11.4 Å². The Bertz CT molecular complexity index is 560. The van der Waals surface area contributed by atoms with Gasteiger partial charge in [0.25, 0.3) is 0 Å². The maximum absolute atomic E-state index is 13.5. The van der Waals surface area contributed by atoms with Crippen LogP contribution in [0.1, 0.15) is 17.3 Å². The molecular formula is C18H24N2O4. The van der Waals surface area contributed by atoms with Crippen LogP contribution in [-0.2, 0) is 14.3 Å². The molecule has 2 aliphatic rings. The standard InChI is InChI=1S/C18H24N2O4/c1-15(21)18(19-7-11-23-12-8-19,20-9-13-24-14-10-20)17(22)16-5-3-2-4-6-16/h2-6H,7-14H2,1H3. The van der Waals surface area contributed by atoms with Gasteiger partial charge in [-0.1, -0.05) is 30.3 Å². The van der Waals surface area contributed by atoms with Crippen LogP contribution < -0.4 is 0 Å². The number of hydrogen-bond acceptors (Lipinski definition) is 6. The van der Waals surface area contributed by atoms with Crippen molar-refractivity contribution in [2.75, 3.05) is 52.6 Å². The largest absolute Gasteiger partial charge is 0.379 e. The number of carbonyl (C=O) groups excluding carboxylic acids is 2. The minimum absolute atomic E-state index is 0.139. The van der Waals surface area contributed by atoms with E-state index in [4.69, 9.17) is 9.47 Å². The van der Waals surface area contributed by atoms with E-state index in [0.29, 0.717) is 58.2 Å². The lowest BCUT2D eigenvalue weighted by atomic mass is 9.89. The molecule has 130 valence electrons. The van der Waals surface area contributed by atoms with Gasteiger partial charge < -0.3 is 9.47 Å². The highest BCUT2D eigenvalue weighted by Gasteiger charge is 2.53. The van der Waals surface area contributed by atoms with E-state index in [-0.39, 0.29) is 11.6 Å². The van der Waals surface area contributed by atoms with Crippen LogP contribution in [0.25, 0.3) is 0 Å². The van der Waals surface area contributed by atoms with Crippen molar-refractivity contribution >= 4 is 11.6 Å². The molecular weight excluding hydrogens is 308 g/mol. The van der Waals surface area contributed by atoms with Crippen LogP contribution in [0.2, 0.25) is 0 Å². The lowest BCUT2D eigenvalue weighted by molar-refractivity contribution is -0.149. The molecule has 0 aliphatic carbocycles. The number of ether oxygens (including phenoxy) is 2. The van der Waals surface area contributed by atoms with Crippen molar-refractivity contribution in [3.8, 4) is 0 Å². The molecule has 3 rings (SSSR count). The van der Waals surface area contributed by atoms with Crippen molar-refractivity contribution in [2.45, 2.75) is 12.6 Å². The molecule has 0 unspecified atom stereocenters. The molecule has 0 aromatic heterocycles. The van der Waals surface area contributed by atoms with E-state index in [0.717, 1.165) is 0 Å². The molecule has 0 radical (unpaired) electrons. The topological polar surface area (TPSA) is 59.1 Å². The number of carbonyl (C=O) groups is 2. The van der Waals surface area contributed by atoms with Crippen molar-refractivity contribution in [3.05, 3.63) is 35.9 Å². The molecule has 2 heterocycles. The first-order valence-electron chi connectivity index (χ1n) is 8.44. The monoisotopic (exact) mass is 332 g/mol. The summed E-state index contributed by atoms with van der Waals surface area (Å²) in [6.45, 7) is 5.90. The van der Waals surface area contributed by atoms with E-state index in [1.165, 1.54) is 6.92 Å². The Morgan fingerprint density at radius 2 is 1.33 bits per heavy atom. The molecule has 0 N–H and O–H groups in total. The normalized spacial score (nSPS) is 20.7. The quantitative estimate of drug-likeness (QED) is 0.588. The molecule has 6 heteroatoms. The molecule has 6 nitrogen and oxygen atoms in total. The smallest absolute Gasteiger partial charge is 0.205 e. The molecule has 0 spiro atoms. The molecule has 2 aliphatic heterocycles. The minimum atomic E-state index is -1.27. The minimum Gasteiger partial charge on any atom is -0.379 e. The number of Topliss-reactive ketones (excluding diaryl/α,β-unsaturated/α-hetero) is 2. The second-order valence-corrected chi connectivity index (χ2v) is 6.12. The van der Waals surface area contributed by atoms with E-state index in [1.54, 1.807) is 12.1 Å². The maximum atomic E-state index is 13.5. The van der Waals surface area contributed by atoms with E-state index in [1.807, 2.05) is 28.0 Å². The van der Waals surface area contributed by atoms with Crippen molar-refractivity contribution in [1.29, 1.82) is 0 Å². The summed E-state index contributed by atoms with van der Waals surface area (Å²) in [5.74, 6) is -0.292. The van der Waals surface area contributed by atoms with Gasteiger partial charge in [-0.25, -0.2) is 0 Å². The van der Waals surface area contributed by atoms with E-state index < -0.39 is 5.66 Å². The van der Waals surface area contributed by atoms with E-state index in [2.05, 4.69) is 0 Å². The molecule has 1 aromatic carbocycles. The summed E-state index contributed by atoms with van der Waals surface area (Å²) in [6, 6.07) is 9.09. The number of nitrogens with zero attached hydrogens (tertiary/aromatic N) is 2. The second-order valence-electron chi connectivity index (χ2n) is 6.12. The van der Waals surface area contributed by atoms with Crippen molar-refractivity contribution < 1.29 is 19.1 Å². The van der Waals surface area contributed by atoms with E-state index >= 15 is 0 Å². The summed E-state index contributed by atoms with van der Waals surface area (Å²) in [4.78, 5) is 30.4. The van der Waals surface area contributed by atoms with Crippen molar-refractivity contribution in [3.63, 3.8) is 0 Å². The Hall–Kier alpha value is -1.60. The highest BCUT2D eigenvalue weighted by Crippen LogP contribution is 2.29. The zero-order valence-corrected chi connectivity index (χ0v) is 14.1. The van der Waals surface area contributed by atoms with Gasteiger partial charge in [-0.2, -0.15) is 0 Å². The summed E-state index contributed by atoms with van der Waals surface area (Å²) in [5, 5.41) is 0. The first-order chi connectivity index (χ1) is 11.7. The van der Waals surface area contributed by atoms with Gasteiger partial charge in [-0.3, -0.25) is 19.4 Å². The van der Waals surface area contributed by atoms with Crippen LogP contribution in [0.3, 0.4) is 0 Å². The first kappa shape index (κ1) is 17.2. The van der Waals surface area contributed by atoms with Gasteiger partial charge in [0.2, 0.25) is 5.78 Å². The average molecular weight is 332 g/mol. The Balaban J connectivity index is 2.06. The molecule has 24 heavy (non-hydrogen) atoms. The Morgan fingerprint density at radius 3 is 1.75 bits per heavy atom. The van der Waals surface area contributed by atoms with Crippen LogP contribution in [-0.4, -0.2) is 79.6 Å². The van der Waals surface area contributed by atoms with Crippen LogP contribution in [0.5, 0.6) is 0 Å². The van der Waals surface area contributed by atoms with Crippen LogP contribution >= 0.6 is 0 Å². The predicted molar refractivity (Wildman–Crippen MR) is 89.0 cm³/mol. The molecule has 0 bridgehead atoms. The summed E-state index contributed by atoms with van der Waals surface area (Å²) >= 11 is 0. The molecule has 0 atom stereocenters. The highest BCUT2D eigenvalue weighted by atomic mass is 16.5. The van der Waals surface area contributed by atoms with Gasteiger partial charge >= 0.3 is 0 Å². The SMILES string of the molecule is CC(=O)C(C(=O)c1ccccc1)(N1CCOCC1)N1CCOCC1. The maximum Gasteiger partial charge on any atom is 0.205 e. The summed E-state index contributed by atoms with van der Waals surface area (Å²) < 4.78 is 10.9. The summed E-state index contributed by atoms with van der Waals surface area (Å²) in [5.41, 5.74) is -0.708. The molecule has 0 amide bonds. The number of rotatable bonds is 5. The molecule has 2 saturated heterocycles. The Kier molecular flexibility index (Phi) is 5.40. The van der Waals surface area contributed by atoms with Gasteiger partial charge in [0.1, 0.15) is 0 Å². The third kappa shape index (κ3) is 3.02. The van der Waals surface area contributed by atoms with Crippen LogP contribution in [0, 0.1) is 0 Å². The highest BCUT2D eigenvalue weighted by molar-refractivity contribution is 6.17. The van der Waals surface area contributed by atoms with Crippen LogP contribution in [0.15, 0.2) is 30.3 Å². The summed E-state index contributed by atoms with van der Waals surface area (Å²) in [6.07, 6.45) is 0. The second kappa shape index (κ2) is 7.53. The fraction of sp³-hybridized carbons (Fsp3) is 0.556. The molecule has 2 fully saturated rings. The number of benzene rings is 1. The lowest BCUT2D eigenvalue weighted by Crippen LogP contribution is -2.72. The fourth-order valence-electron chi connectivity index (χ4n) is 3.66. The lowest BCUT2D eigenvalue weighted by Gasteiger charge is -2.50. The van der Waals surface area contributed by atoms with Crippen molar-refractivity contribution in [1.82, 2.24) is 9.80 Å². The summed E-state index contributed by atoms with van der Waals surface area (Å²) in [7, 11) is 0. The van der Waals surface area contributed by atoms with Crippen molar-refractivity contribution in [2.24, 2.45) is 0 Å². The third-order valence-electron chi connectivity index (χ3n) is 4.78. The molecule has 0 saturated carbocycles. The van der Waals surface area contributed by atoms with Crippen LogP contribution in [0.4, 0.5) is 0 Å². The Morgan fingerprint density at radius 1 is 0.875 bits per heavy atom. The van der Waals surface area contributed by atoms with Gasteiger partial charge in [0.05, 0.1) is 26.4 Å². The van der Waals surface area contributed by atoms with Gasteiger partial charge in [0, 0.05) is 31.7 Å². The molecule has 1 aromatic rings. The Labute approximate surface area is 142 Å². The fourth-order valence-corrected chi connectivity index (χ4v) is 3.66.